The number of rotatable bonds is 11. The molecule has 3 N–H and O–H groups in total. The van der Waals surface area contributed by atoms with Gasteiger partial charge in [0.1, 0.15) is 17.9 Å². The second-order valence-corrected chi connectivity index (χ2v) is 6.30. The average molecular weight is 366 g/mol. The monoisotopic (exact) mass is 366 g/mol. The number of aliphatic carboxylic acids is 1. The molecule has 1 aromatic rings. The standard InChI is InChI=1S/C19H27FN2O4/c1-3-4-5-6-11-16(19(25)26)22-18(24)17(21-13(2)23)12-14-9-7-8-10-15(14)20/h7-10,16-17H,3-6,11-12H2,1-2H3,(H,21,23)(H,22,24)(H,25,26)/t16-,17+/m1/s1. The molecule has 0 aliphatic rings. The number of hydrogen-bond acceptors (Lipinski definition) is 3. The van der Waals surface area contributed by atoms with Crippen LogP contribution in [0.3, 0.4) is 0 Å². The summed E-state index contributed by atoms with van der Waals surface area (Å²) in [4.78, 5) is 35.3. The van der Waals surface area contributed by atoms with Crippen LogP contribution in [0.5, 0.6) is 0 Å². The zero-order valence-corrected chi connectivity index (χ0v) is 15.3. The second kappa shape index (κ2) is 11.2. The molecule has 0 aliphatic carbocycles. The van der Waals surface area contributed by atoms with Gasteiger partial charge in [-0.15, -0.1) is 0 Å². The van der Waals surface area contributed by atoms with Crippen molar-refractivity contribution in [2.75, 3.05) is 0 Å². The van der Waals surface area contributed by atoms with Gasteiger partial charge in [-0.05, 0) is 18.1 Å². The molecule has 0 aromatic heterocycles. The minimum absolute atomic E-state index is 0.0553. The Labute approximate surface area is 153 Å². The molecule has 0 spiro atoms. The molecule has 0 bridgehead atoms. The van der Waals surface area contributed by atoms with Crippen molar-refractivity contribution < 1.29 is 23.9 Å². The van der Waals surface area contributed by atoms with Gasteiger partial charge in [-0.3, -0.25) is 9.59 Å². The van der Waals surface area contributed by atoms with Gasteiger partial charge in [0.05, 0.1) is 0 Å². The van der Waals surface area contributed by atoms with Crippen LogP contribution in [-0.2, 0) is 20.8 Å². The highest BCUT2D eigenvalue weighted by molar-refractivity contribution is 5.90. The van der Waals surface area contributed by atoms with Gasteiger partial charge >= 0.3 is 5.97 Å². The summed E-state index contributed by atoms with van der Waals surface area (Å²) in [5.41, 5.74) is 0.274. The molecule has 6 nitrogen and oxygen atoms in total. The normalized spacial score (nSPS) is 12.9. The summed E-state index contributed by atoms with van der Waals surface area (Å²) in [6.45, 7) is 3.30. The summed E-state index contributed by atoms with van der Waals surface area (Å²) >= 11 is 0. The van der Waals surface area contributed by atoms with Gasteiger partial charge in [0.15, 0.2) is 0 Å². The van der Waals surface area contributed by atoms with Crippen molar-refractivity contribution in [1.82, 2.24) is 10.6 Å². The first kappa shape index (κ1) is 21.6. The zero-order valence-electron chi connectivity index (χ0n) is 15.3. The van der Waals surface area contributed by atoms with E-state index in [-0.39, 0.29) is 12.0 Å². The SMILES string of the molecule is CCCCCC[C@@H](NC(=O)[C@H](Cc1ccccc1F)NC(C)=O)C(=O)O. The van der Waals surface area contributed by atoms with Crippen LogP contribution in [-0.4, -0.2) is 35.0 Å². The highest BCUT2D eigenvalue weighted by atomic mass is 19.1. The van der Waals surface area contributed by atoms with Gasteiger partial charge in [0, 0.05) is 13.3 Å². The molecule has 144 valence electrons. The number of carboxylic acid groups (broad SMARTS) is 1. The van der Waals surface area contributed by atoms with Crippen molar-refractivity contribution in [1.29, 1.82) is 0 Å². The van der Waals surface area contributed by atoms with E-state index in [1.54, 1.807) is 6.07 Å². The number of carbonyl (C=O) groups is 3. The third-order valence-electron chi connectivity index (χ3n) is 4.04. The molecule has 0 saturated heterocycles. The minimum atomic E-state index is -1.12. The number of carboxylic acids is 1. The van der Waals surface area contributed by atoms with Gasteiger partial charge < -0.3 is 15.7 Å². The number of halogens is 1. The molecule has 2 atom stereocenters. The summed E-state index contributed by atoms with van der Waals surface area (Å²) in [6.07, 6.45) is 3.86. The highest BCUT2D eigenvalue weighted by Crippen LogP contribution is 2.11. The van der Waals surface area contributed by atoms with E-state index >= 15 is 0 Å². The molecule has 0 unspecified atom stereocenters. The molecular weight excluding hydrogens is 339 g/mol. The molecule has 7 heteroatoms. The van der Waals surface area contributed by atoms with Crippen LogP contribution in [0.2, 0.25) is 0 Å². The number of unbranched alkanes of at least 4 members (excludes halogenated alkanes) is 3. The fraction of sp³-hybridized carbons (Fsp3) is 0.526. The van der Waals surface area contributed by atoms with Crippen LogP contribution < -0.4 is 10.6 Å². The first-order valence-corrected chi connectivity index (χ1v) is 8.88. The molecule has 1 aromatic carbocycles. The van der Waals surface area contributed by atoms with Gasteiger partial charge in [-0.2, -0.15) is 0 Å². The maximum absolute atomic E-state index is 13.8. The third-order valence-corrected chi connectivity index (χ3v) is 4.04. The van der Waals surface area contributed by atoms with E-state index < -0.39 is 35.7 Å². The third kappa shape index (κ3) is 7.63. The lowest BCUT2D eigenvalue weighted by Gasteiger charge is -2.21. The van der Waals surface area contributed by atoms with Gasteiger partial charge in [-0.1, -0.05) is 50.8 Å². The van der Waals surface area contributed by atoms with Crippen molar-refractivity contribution >= 4 is 17.8 Å². The summed E-state index contributed by atoms with van der Waals surface area (Å²) in [5, 5.41) is 14.2. The van der Waals surface area contributed by atoms with E-state index in [0.29, 0.717) is 12.8 Å². The number of hydrogen-bond donors (Lipinski definition) is 3. The predicted molar refractivity (Wildman–Crippen MR) is 96.0 cm³/mol. The summed E-state index contributed by atoms with van der Waals surface area (Å²) in [7, 11) is 0. The van der Waals surface area contributed by atoms with Crippen LogP contribution in [0.25, 0.3) is 0 Å². The highest BCUT2D eigenvalue weighted by Gasteiger charge is 2.26. The van der Waals surface area contributed by atoms with E-state index in [4.69, 9.17) is 0 Å². The number of amides is 2. The lowest BCUT2D eigenvalue weighted by Crippen LogP contribution is -2.52. The second-order valence-electron chi connectivity index (χ2n) is 6.30. The first-order chi connectivity index (χ1) is 12.3. The van der Waals surface area contributed by atoms with Crippen LogP contribution >= 0.6 is 0 Å². The van der Waals surface area contributed by atoms with Gasteiger partial charge in [0.2, 0.25) is 11.8 Å². The Kier molecular flexibility index (Phi) is 9.33. The van der Waals surface area contributed by atoms with E-state index in [1.807, 2.05) is 0 Å². The quantitative estimate of drug-likeness (QED) is 0.524. The maximum atomic E-state index is 13.8. The molecule has 2 amide bonds. The molecular formula is C19H27FN2O4. The van der Waals surface area contributed by atoms with Crippen molar-refractivity contribution in [2.45, 2.75) is 64.5 Å². The zero-order chi connectivity index (χ0) is 19.5. The number of carbonyl (C=O) groups excluding carboxylic acids is 2. The van der Waals surface area contributed by atoms with Crippen LogP contribution in [0.1, 0.15) is 51.5 Å². The Hall–Kier alpha value is -2.44. The molecule has 0 aliphatic heterocycles. The Bertz CT molecular complexity index is 621. The Morgan fingerprint density at radius 3 is 2.35 bits per heavy atom. The number of nitrogens with one attached hydrogen (secondary N) is 2. The lowest BCUT2D eigenvalue weighted by atomic mass is 10.0. The topological polar surface area (TPSA) is 95.5 Å². The average Bonchev–Trinajstić information content (AvgIpc) is 2.58. The Morgan fingerprint density at radius 2 is 1.77 bits per heavy atom. The summed E-state index contributed by atoms with van der Waals surface area (Å²) in [5.74, 6) is -2.69. The van der Waals surface area contributed by atoms with Crippen LogP contribution in [0.15, 0.2) is 24.3 Å². The molecule has 0 fully saturated rings. The Balaban J connectivity index is 2.78. The molecule has 0 heterocycles. The molecule has 1 rings (SSSR count). The van der Waals surface area contributed by atoms with E-state index in [1.165, 1.54) is 25.1 Å². The molecule has 0 saturated carbocycles. The minimum Gasteiger partial charge on any atom is -0.480 e. The maximum Gasteiger partial charge on any atom is 0.326 e. The van der Waals surface area contributed by atoms with Crippen molar-refractivity contribution in [3.8, 4) is 0 Å². The van der Waals surface area contributed by atoms with Crippen LogP contribution in [0, 0.1) is 5.82 Å². The van der Waals surface area contributed by atoms with E-state index in [2.05, 4.69) is 17.6 Å². The first-order valence-electron chi connectivity index (χ1n) is 8.88. The molecule has 0 radical (unpaired) electrons. The van der Waals surface area contributed by atoms with Crippen molar-refractivity contribution in [3.05, 3.63) is 35.6 Å². The summed E-state index contributed by atoms with van der Waals surface area (Å²) < 4.78 is 13.8. The summed E-state index contributed by atoms with van der Waals surface area (Å²) in [6, 6.07) is 3.89. The van der Waals surface area contributed by atoms with Gasteiger partial charge in [-0.25, -0.2) is 9.18 Å². The Morgan fingerprint density at radius 1 is 1.08 bits per heavy atom. The fourth-order valence-corrected chi connectivity index (χ4v) is 2.64. The largest absolute Gasteiger partial charge is 0.480 e. The fourth-order valence-electron chi connectivity index (χ4n) is 2.64. The van der Waals surface area contributed by atoms with E-state index in [0.717, 1.165) is 19.3 Å². The number of benzene rings is 1. The predicted octanol–water partition coefficient (Wildman–Crippen LogP) is 2.41. The smallest absolute Gasteiger partial charge is 0.326 e. The van der Waals surface area contributed by atoms with Crippen molar-refractivity contribution in [2.24, 2.45) is 0 Å². The lowest BCUT2D eigenvalue weighted by molar-refractivity contribution is -0.142. The van der Waals surface area contributed by atoms with Crippen molar-refractivity contribution in [3.63, 3.8) is 0 Å². The van der Waals surface area contributed by atoms with E-state index in [9.17, 15) is 23.9 Å². The molecule has 26 heavy (non-hydrogen) atoms. The van der Waals surface area contributed by atoms with Crippen LogP contribution in [0.4, 0.5) is 4.39 Å². The van der Waals surface area contributed by atoms with Gasteiger partial charge in [0.25, 0.3) is 0 Å².